The average Bonchev–Trinajstić information content (AvgIpc) is 2.74. The molecule has 2 aromatic rings. The second-order valence-electron chi connectivity index (χ2n) is 6.25. The van der Waals surface area contributed by atoms with Crippen molar-refractivity contribution < 1.29 is 37.0 Å². The molecule has 0 bridgehead atoms. The number of carbonyl (C=O) groups excluding carboxylic acids is 3. The van der Waals surface area contributed by atoms with Crippen molar-refractivity contribution >= 4 is 45.2 Å². The smallest absolute Gasteiger partial charge is 0.406 e. The summed E-state index contributed by atoms with van der Waals surface area (Å²) in [6.45, 7) is 0. The molecular formula is C21H21BrF3N3O5. The number of hydrazine groups is 1. The van der Waals surface area contributed by atoms with Gasteiger partial charge in [0.25, 0.3) is 0 Å². The molecule has 12 heteroatoms. The van der Waals surface area contributed by atoms with Crippen molar-refractivity contribution in [1.82, 2.24) is 0 Å². The lowest BCUT2D eigenvalue weighted by Gasteiger charge is -2.24. The van der Waals surface area contributed by atoms with Crippen LogP contribution >= 0.6 is 15.9 Å². The summed E-state index contributed by atoms with van der Waals surface area (Å²) in [5.74, 6) is 4.17. The molecule has 0 amide bonds. The second kappa shape index (κ2) is 12.7. The first-order chi connectivity index (χ1) is 15.5. The number of benzene rings is 2. The molecule has 0 aliphatic heterocycles. The van der Waals surface area contributed by atoms with Gasteiger partial charge in [0, 0.05) is 36.0 Å². The number of ether oxygens (including phenoxy) is 2. The number of halogens is 4. The normalized spacial score (nSPS) is 11.2. The Morgan fingerprint density at radius 1 is 1.12 bits per heavy atom. The van der Waals surface area contributed by atoms with E-state index in [9.17, 15) is 27.6 Å². The number of methoxy groups -OCH3 is 1. The summed E-state index contributed by atoms with van der Waals surface area (Å²) in [6, 6.07) is 9.21. The maximum atomic E-state index is 12.4. The van der Waals surface area contributed by atoms with Gasteiger partial charge in [0.1, 0.15) is 5.75 Å². The molecule has 0 atom stereocenters. The summed E-state index contributed by atoms with van der Waals surface area (Å²) in [5.41, 5.74) is 6.34. The molecule has 2 aromatic carbocycles. The highest BCUT2D eigenvalue weighted by atomic mass is 79.9. The number of Topliss-reactive ketones (excluding diaryl/α,β-unsaturated/α-hetero) is 2. The predicted molar refractivity (Wildman–Crippen MR) is 119 cm³/mol. The molecule has 4 N–H and O–H groups in total. The lowest BCUT2D eigenvalue weighted by Crippen LogP contribution is -2.31. The van der Waals surface area contributed by atoms with Gasteiger partial charge in [0.2, 0.25) is 5.78 Å². The van der Waals surface area contributed by atoms with Crippen LogP contribution in [-0.2, 0) is 14.3 Å². The Labute approximate surface area is 196 Å². The monoisotopic (exact) mass is 531 g/mol. The van der Waals surface area contributed by atoms with Crippen LogP contribution in [0.3, 0.4) is 0 Å². The molecule has 0 spiro atoms. The fourth-order valence-electron chi connectivity index (χ4n) is 2.51. The van der Waals surface area contributed by atoms with Crippen LogP contribution in [0.1, 0.15) is 22.3 Å². The van der Waals surface area contributed by atoms with Gasteiger partial charge < -0.3 is 15.2 Å². The van der Waals surface area contributed by atoms with Crippen LogP contribution in [-0.4, -0.2) is 38.4 Å². The Morgan fingerprint density at radius 2 is 1.70 bits per heavy atom. The van der Waals surface area contributed by atoms with Crippen LogP contribution < -0.4 is 21.3 Å². The largest absolute Gasteiger partial charge is 0.573 e. The Hall–Kier alpha value is -3.22. The Balaban J connectivity index is 0.00000172. The summed E-state index contributed by atoms with van der Waals surface area (Å²) in [6.07, 6.45) is -4.33. The van der Waals surface area contributed by atoms with E-state index in [0.29, 0.717) is 10.0 Å². The zero-order valence-electron chi connectivity index (χ0n) is 17.6. The third kappa shape index (κ3) is 8.67. The van der Waals surface area contributed by atoms with E-state index in [4.69, 9.17) is 11.6 Å². The van der Waals surface area contributed by atoms with E-state index < -0.39 is 30.1 Å². The van der Waals surface area contributed by atoms with E-state index in [1.165, 1.54) is 24.3 Å². The molecule has 0 saturated carbocycles. The number of ketones is 2. The molecule has 0 radical (unpaired) electrons. The molecule has 8 nitrogen and oxygen atoms in total. The Kier molecular flexibility index (Phi) is 10.7. The third-order valence-corrected chi connectivity index (χ3v) is 4.28. The van der Waals surface area contributed by atoms with E-state index in [-0.39, 0.29) is 23.2 Å². The fraction of sp³-hybridized carbons (Fsp3) is 0.190. The Bertz CT molecular complexity index is 1010. The van der Waals surface area contributed by atoms with Gasteiger partial charge in [-0.05, 0) is 42.5 Å². The highest BCUT2D eigenvalue weighted by Crippen LogP contribution is 2.31. The number of alkyl halides is 3. The number of rotatable bonds is 8. The zero-order chi connectivity index (χ0) is 25.2. The van der Waals surface area contributed by atoms with Gasteiger partial charge >= 0.3 is 6.36 Å². The van der Waals surface area contributed by atoms with Crippen LogP contribution in [0.5, 0.6) is 5.75 Å². The molecule has 0 fully saturated rings. The number of hydrogen-bond acceptors (Lipinski definition) is 8. The minimum Gasteiger partial charge on any atom is -0.406 e. The summed E-state index contributed by atoms with van der Waals surface area (Å²) in [5, 5.41) is 1.04. The van der Waals surface area contributed by atoms with Crippen LogP contribution in [0.2, 0.25) is 0 Å². The molecule has 2 rings (SSSR count). The first kappa shape index (κ1) is 27.8. The Morgan fingerprint density at radius 3 is 2.18 bits per heavy atom. The van der Waals surface area contributed by atoms with Crippen molar-refractivity contribution in [3.05, 3.63) is 64.3 Å². The molecule has 0 heterocycles. The molecule has 0 aliphatic carbocycles. The SMILES string of the molecule is COC.N/C=C(/c1ccc(OC(F)(F)F)cc1)N(N)c1cc(Br)ccc1C(=O)CC(=O)C=O. The molecule has 0 saturated heterocycles. The lowest BCUT2D eigenvalue weighted by atomic mass is 10.0. The van der Waals surface area contributed by atoms with Gasteiger partial charge in [-0.2, -0.15) is 0 Å². The molecule has 178 valence electrons. The lowest BCUT2D eigenvalue weighted by molar-refractivity contribution is -0.274. The minimum atomic E-state index is -4.83. The van der Waals surface area contributed by atoms with Gasteiger partial charge in [0.05, 0.1) is 17.8 Å². The molecule has 0 aliphatic rings. The number of aldehydes is 1. The molecule has 0 aromatic heterocycles. The quantitative estimate of drug-likeness (QED) is 0.132. The minimum absolute atomic E-state index is 0.0480. The fourth-order valence-corrected chi connectivity index (χ4v) is 2.86. The predicted octanol–water partition coefficient (Wildman–Crippen LogP) is 3.59. The zero-order valence-corrected chi connectivity index (χ0v) is 19.1. The number of anilines is 1. The number of hydrogen-bond donors (Lipinski definition) is 2. The highest BCUT2D eigenvalue weighted by molar-refractivity contribution is 9.10. The van der Waals surface area contributed by atoms with Crippen LogP contribution in [0.15, 0.2) is 53.1 Å². The first-order valence-corrected chi connectivity index (χ1v) is 9.80. The van der Waals surface area contributed by atoms with Crippen LogP contribution in [0, 0.1) is 0 Å². The summed E-state index contributed by atoms with van der Waals surface area (Å²) in [4.78, 5) is 34.3. The highest BCUT2D eigenvalue weighted by Gasteiger charge is 2.31. The van der Waals surface area contributed by atoms with Gasteiger partial charge in [-0.25, -0.2) is 5.84 Å². The molecule has 0 unspecified atom stereocenters. The van der Waals surface area contributed by atoms with Gasteiger partial charge in [-0.15, -0.1) is 13.2 Å². The third-order valence-electron chi connectivity index (χ3n) is 3.79. The molecular weight excluding hydrogens is 511 g/mol. The van der Waals surface area contributed by atoms with Crippen molar-refractivity contribution in [2.75, 3.05) is 19.2 Å². The van der Waals surface area contributed by atoms with E-state index in [1.807, 2.05) is 0 Å². The van der Waals surface area contributed by atoms with Crippen molar-refractivity contribution in [3.8, 4) is 5.75 Å². The number of nitrogens with zero attached hydrogens (tertiary/aromatic N) is 1. The van der Waals surface area contributed by atoms with Gasteiger partial charge in [-0.1, -0.05) is 15.9 Å². The van der Waals surface area contributed by atoms with E-state index >= 15 is 0 Å². The summed E-state index contributed by atoms with van der Waals surface area (Å²) < 4.78 is 45.6. The summed E-state index contributed by atoms with van der Waals surface area (Å²) >= 11 is 3.25. The van der Waals surface area contributed by atoms with Crippen molar-refractivity contribution in [2.45, 2.75) is 12.8 Å². The average molecular weight is 532 g/mol. The summed E-state index contributed by atoms with van der Waals surface area (Å²) in [7, 11) is 3.25. The number of carbonyl (C=O) groups is 3. The molecule has 33 heavy (non-hydrogen) atoms. The number of nitrogens with two attached hydrogens (primary N) is 2. The maximum Gasteiger partial charge on any atom is 0.573 e. The van der Waals surface area contributed by atoms with E-state index in [1.54, 1.807) is 20.3 Å². The van der Waals surface area contributed by atoms with Crippen molar-refractivity contribution in [3.63, 3.8) is 0 Å². The van der Waals surface area contributed by atoms with Gasteiger partial charge in [-0.3, -0.25) is 19.4 Å². The maximum absolute atomic E-state index is 12.4. The van der Waals surface area contributed by atoms with E-state index in [2.05, 4.69) is 25.4 Å². The van der Waals surface area contributed by atoms with Crippen LogP contribution in [0.25, 0.3) is 5.70 Å². The standard InChI is InChI=1S/C19H15BrF3N3O4.C2H6O/c20-12-3-6-15(18(29)8-13(28)10-27)16(7-12)26(25)17(9-24)11-1-4-14(5-2-11)30-19(21,22)23;1-3-2/h1-7,9-10H,8,24-25H2;1-2H3/b17-9-;. The second-order valence-corrected chi connectivity index (χ2v) is 7.16. The topological polar surface area (TPSA) is 125 Å². The van der Waals surface area contributed by atoms with Gasteiger partial charge in [0.15, 0.2) is 12.1 Å². The first-order valence-electron chi connectivity index (χ1n) is 9.01. The van der Waals surface area contributed by atoms with Crippen LogP contribution in [0.4, 0.5) is 18.9 Å². The van der Waals surface area contributed by atoms with Crippen molar-refractivity contribution in [2.24, 2.45) is 11.6 Å². The van der Waals surface area contributed by atoms with E-state index in [0.717, 1.165) is 23.3 Å². The van der Waals surface area contributed by atoms with Crippen molar-refractivity contribution in [1.29, 1.82) is 0 Å².